The molecular formula is C16H14N2O3. The van der Waals surface area contributed by atoms with Crippen molar-refractivity contribution in [1.82, 2.24) is 9.13 Å². The van der Waals surface area contributed by atoms with Gasteiger partial charge in [0.2, 0.25) is 0 Å². The average Bonchev–Trinajstić information content (AvgIpc) is 2.53. The third kappa shape index (κ3) is 2.17. The van der Waals surface area contributed by atoms with Crippen molar-refractivity contribution in [2.45, 2.75) is 6.54 Å². The van der Waals surface area contributed by atoms with Crippen LogP contribution in [0.3, 0.4) is 0 Å². The van der Waals surface area contributed by atoms with Gasteiger partial charge in [-0.2, -0.15) is 0 Å². The quantitative estimate of drug-likeness (QED) is 0.783. The number of para-hydroxylation sites is 2. The van der Waals surface area contributed by atoms with Crippen LogP contribution in [0.15, 0.2) is 64.2 Å². The third-order valence-corrected chi connectivity index (χ3v) is 3.39. The van der Waals surface area contributed by atoms with Crippen LogP contribution < -0.4 is 11.2 Å². The smallest absolute Gasteiger partial charge is 0.336 e. The van der Waals surface area contributed by atoms with E-state index in [1.54, 1.807) is 48.5 Å². The summed E-state index contributed by atoms with van der Waals surface area (Å²) in [5, 5.41) is 9.64. The highest BCUT2D eigenvalue weighted by Crippen LogP contribution is 2.09. The van der Waals surface area contributed by atoms with Crippen LogP contribution in [0.25, 0.3) is 16.6 Å². The lowest BCUT2D eigenvalue weighted by Gasteiger charge is -2.13. The minimum atomic E-state index is -0.445. The fourth-order valence-corrected chi connectivity index (χ4v) is 2.44. The molecule has 0 spiro atoms. The first-order valence-electron chi connectivity index (χ1n) is 6.65. The van der Waals surface area contributed by atoms with Gasteiger partial charge in [-0.15, -0.1) is 0 Å². The van der Waals surface area contributed by atoms with E-state index in [9.17, 15) is 14.7 Å². The van der Waals surface area contributed by atoms with Crippen molar-refractivity contribution >= 4 is 10.9 Å². The second-order valence-corrected chi connectivity index (χ2v) is 4.65. The molecular weight excluding hydrogens is 268 g/mol. The first-order valence-corrected chi connectivity index (χ1v) is 6.65. The van der Waals surface area contributed by atoms with Crippen LogP contribution in [0.1, 0.15) is 0 Å². The van der Waals surface area contributed by atoms with Gasteiger partial charge in [-0.1, -0.05) is 30.3 Å². The Morgan fingerprint density at radius 3 is 2.29 bits per heavy atom. The van der Waals surface area contributed by atoms with E-state index in [0.29, 0.717) is 16.6 Å². The van der Waals surface area contributed by atoms with E-state index >= 15 is 0 Å². The number of benzene rings is 2. The number of aliphatic hydroxyl groups is 1. The summed E-state index contributed by atoms with van der Waals surface area (Å²) in [7, 11) is 0. The lowest BCUT2D eigenvalue weighted by molar-refractivity contribution is 0.275. The van der Waals surface area contributed by atoms with Crippen LogP contribution in [-0.2, 0) is 6.54 Å². The summed E-state index contributed by atoms with van der Waals surface area (Å²) in [5.74, 6) is 0. The van der Waals surface area contributed by atoms with Crippen LogP contribution in [-0.4, -0.2) is 20.8 Å². The molecule has 0 aliphatic rings. The number of hydrogen-bond donors (Lipinski definition) is 1. The molecule has 0 saturated heterocycles. The number of nitrogens with zero attached hydrogens (tertiary/aromatic N) is 2. The number of rotatable bonds is 3. The van der Waals surface area contributed by atoms with Gasteiger partial charge in [0, 0.05) is 0 Å². The molecule has 5 nitrogen and oxygen atoms in total. The average molecular weight is 282 g/mol. The van der Waals surface area contributed by atoms with Gasteiger partial charge in [0.05, 0.1) is 29.7 Å². The zero-order valence-corrected chi connectivity index (χ0v) is 11.3. The van der Waals surface area contributed by atoms with Gasteiger partial charge < -0.3 is 5.11 Å². The number of aliphatic hydroxyl groups excluding tert-OH is 1. The third-order valence-electron chi connectivity index (χ3n) is 3.39. The Hall–Kier alpha value is -2.66. The van der Waals surface area contributed by atoms with Crippen molar-refractivity contribution in [1.29, 1.82) is 0 Å². The zero-order chi connectivity index (χ0) is 14.8. The van der Waals surface area contributed by atoms with E-state index in [-0.39, 0.29) is 18.7 Å². The first kappa shape index (κ1) is 13.3. The van der Waals surface area contributed by atoms with Gasteiger partial charge in [-0.3, -0.25) is 9.36 Å². The van der Waals surface area contributed by atoms with Crippen LogP contribution in [0.5, 0.6) is 0 Å². The van der Waals surface area contributed by atoms with Crippen LogP contribution in [0.4, 0.5) is 0 Å². The molecule has 2 aromatic carbocycles. The summed E-state index contributed by atoms with van der Waals surface area (Å²) < 4.78 is 2.56. The Bertz CT molecular complexity index is 895. The van der Waals surface area contributed by atoms with Gasteiger partial charge in [-0.05, 0) is 24.3 Å². The van der Waals surface area contributed by atoms with Crippen LogP contribution in [0, 0.1) is 0 Å². The normalized spacial score (nSPS) is 10.9. The largest absolute Gasteiger partial charge is 0.395 e. The minimum absolute atomic E-state index is 0.145. The summed E-state index contributed by atoms with van der Waals surface area (Å²) in [6.07, 6.45) is 0. The second-order valence-electron chi connectivity index (χ2n) is 4.65. The lowest BCUT2D eigenvalue weighted by atomic mass is 10.2. The first-order chi connectivity index (χ1) is 10.2. The SMILES string of the molecule is O=c1c2ccccc2n(CCO)c(=O)n1-c1ccccc1. The Morgan fingerprint density at radius 1 is 0.905 bits per heavy atom. The van der Waals surface area contributed by atoms with Crippen molar-refractivity contribution < 1.29 is 5.11 Å². The van der Waals surface area contributed by atoms with Gasteiger partial charge in [0.1, 0.15) is 0 Å². The standard InChI is InChI=1S/C16H14N2O3/c19-11-10-17-14-9-5-4-8-13(14)15(20)18(16(17)21)12-6-2-1-3-7-12/h1-9,19H,10-11H2. The van der Waals surface area contributed by atoms with Gasteiger partial charge in [-0.25, -0.2) is 9.36 Å². The molecule has 1 heterocycles. The maximum absolute atomic E-state index is 12.6. The molecule has 0 saturated carbocycles. The maximum atomic E-state index is 12.6. The molecule has 0 amide bonds. The Balaban J connectivity index is 2.46. The Kier molecular flexibility index (Phi) is 3.41. The van der Waals surface area contributed by atoms with Crippen molar-refractivity contribution in [2.75, 3.05) is 6.61 Å². The fraction of sp³-hybridized carbons (Fsp3) is 0.125. The van der Waals surface area contributed by atoms with E-state index in [1.165, 1.54) is 4.57 Å². The Morgan fingerprint density at radius 2 is 1.57 bits per heavy atom. The number of hydrogen-bond acceptors (Lipinski definition) is 3. The molecule has 0 unspecified atom stereocenters. The zero-order valence-electron chi connectivity index (χ0n) is 11.3. The second kappa shape index (κ2) is 5.38. The molecule has 1 N–H and O–H groups in total. The topological polar surface area (TPSA) is 64.2 Å². The molecule has 5 heteroatoms. The highest BCUT2D eigenvalue weighted by Gasteiger charge is 2.13. The molecule has 0 atom stereocenters. The molecule has 0 aliphatic carbocycles. The fourth-order valence-electron chi connectivity index (χ4n) is 2.44. The van der Waals surface area contributed by atoms with Crippen LogP contribution in [0.2, 0.25) is 0 Å². The molecule has 3 rings (SSSR count). The van der Waals surface area contributed by atoms with E-state index < -0.39 is 5.69 Å². The molecule has 0 aliphatic heterocycles. The van der Waals surface area contributed by atoms with Gasteiger partial charge >= 0.3 is 5.69 Å². The minimum Gasteiger partial charge on any atom is -0.395 e. The van der Waals surface area contributed by atoms with Crippen molar-refractivity contribution in [3.05, 3.63) is 75.4 Å². The summed E-state index contributed by atoms with van der Waals surface area (Å²) in [5.41, 5.74) is 0.258. The molecule has 0 radical (unpaired) electrons. The van der Waals surface area contributed by atoms with E-state index in [2.05, 4.69) is 0 Å². The summed E-state index contributed by atoms with van der Waals surface area (Å²) in [6, 6.07) is 15.7. The monoisotopic (exact) mass is 282 g/mol. The highest BCUT2D eigenvalue weighted by molar-refractivity contribution is 5.78. The summed E-state index contributed by atoms with van der Waals surface area (Å²) in [4.78, 5) is 25.2. The van der Waals surface area contributed by atoms with Crippen molar-refractivity contribution in [3.63, 3.8) is 0 Å². The van der Waals surface area contributed by atoms with Crippen molar-refractivity contribution in [3.8, 4) is 5.69 Å². The lowest BCUT2D eigenvalue weighted by Crippen LogP contribution is -2.39. The molecule has 0 fully saturated rings. The van der Waals surface area contributed by atoms with Crippen molar-refractivity contribution in [2.24, 2.45) is 0 Å². The number of aromatic nitrogens is 2. The Labute approximate surface area is 120 Å². The summed E-state index contributed by atoms with van der Waals surface area (Å²) >= 11 is 0. The molecule has 106 valence electrons. The van der Waals surface area contributed by atoms with E-state index in [1.807, 2.05) is 6.07 Å². The number of fused-ring (bicyclic) bond motifs is 1. The van der Waals surface area contributed by atoms with Crippen LogP contribution >= 0.6 is 0 Å². The molecule has 1 aromatic heterocycles. The highest BCUT2D eigenvalue weighted by atomic mass is 16.3. The molecule has 21 heavy (non-hydrogen) atoms. The van der Waals surface area contributed by atoms with E-state index in [0.717, 1.165) is 4.57 Å². The van der Waals surface area contributed by atoms with Gasteiger partial charge in [0.25, 0.3) is 5.56 Å². The predicted molar refractivity (Wildman–Crippen MR) is 80.9 cm³/mol. The predicted octanol–water partition coefficient (Wildman–Crippen LogP) is 1.14. The van der Waals surface area contributed by atoms with Gasteiger partial charge in [0.15, 0.2) is 0 Å². The molecule has 0 bridgehead atoms. The van der Waals surface area contributed by atoms with E-state index in [4.69, 9.17) is 0 Å². The molecule has 3 aromatic rings. The maximum Gasteiger partial charge on any atom is 0.336 e. The summed E-state index contributed by atoms with van der Waals surface area (Å²) in [6.45, 7) is -0.0244.